The predicted octanol–water partition coefficient (Wildman–Crippen LogP) is 1.96. The standard InChI is InChI=1S/C17H21N3O3S/c21-24(22,19-14-15-4-2-1-3-5-15)20-12-8-17(9-13-20)23-16-6-10-18-11-7-16/h1-7,10-11,17,19H,8-9,12-14H2. The van der Waals surface area contributed by atoms with Crippen LogP contribution in [0.4, 0.5) is 0 Å². The molecule has 1 N–H and O–H groups in total. The Morgan fingerprint density at radius 2 is 1.75 bits per heavy atom. The molecule has 24 heavy (non-hydrogen) atoms. The second kappa shape index (κ2) is 7.74. The number of hydrogen-bond acceptors (Lipinski definition) is 4. The van der Waals surface area contributed by atoms with Gasteiger partial charge in [0.1, 0.15) is 11.9 Å². The quantitative estimate of drug-likeness (QED) is 0.867. The number of benzene rings is 1. The van der Waals surface area contributed by atoms with Crippen molar-refractivity contribution in [2.45, 2.75) is 25.5 Å². The Labute approximate surface area is 142 Å². The topological polar surface area (TPSA) is 71.5 Å². The Morgan fingerprint density at radius 1 is 1.08 bits per heavy atom. The monoisotopic (exact) mass is 347 g/mol. The second-order valence-corrected chi connectivity index (χ2v) is 7.47. The SMILES string of the molecule is O=S(=O)(NCc1ccccc1)N1CCC(Oc2ccncc2)CC1. The molecule has 0 saturated carbocycles. The third-order valence-electron chi connectivity index (χ3n) is 3.99. The van der Waals surface area contributed by atoms with Crippen molar-refractivity contribution in [2.24, 2.45) is 0 Å². The third-order valence-corrected chi connectivity index (χ3v) is 5.55. The van der Waals surface area contributed by atoms with E-state index in [2.05, 4.69) is 9.71 Å². The first-order valence-electron chi connectivity index (χ1n) is 7.99. The molecule has 6 nitrogen and oxygen atoms in total. The van der Waals surface area contributed by atoms with Gasteiger partial charge in [0.25, 0.3) is 10.2 Å². The average molecular weight is 347 g/mol. The van der Waals surface area contributed by atoms with Gasteiger partial charge in [0, 0.05) is 32.0 Å². The maximum Gasteiger partial charge on any atom is 0.279 e. The normalized spacial score (nSPS) is 16.8. The van der Waals surface area contributed by atoms with E-state index in [4.69, 9.17) is 4.74 Å². The minimum Gasteiger partial charge on any atom is -0.490 e. The largest absolute Gasteiger partial charge is 0.490 e. The molecule has 2 heterocycles. The summed E-state index contributed by atoms with van der Waals surface area (Å²) in [5, 5.41) is 0. The van der Waals surface area contributed by atoms with Crippen molar-refractivity contribution >= 4 is 10.2 Å². The maximum absolute atomic E-state index is 12.4. The van der Waals surface area contributed by atoms with Crippen LogP contribution >= 0.6 is 0 Å². The summed E-state index contributed by atoms with van der Waals surface area (Å²) in [6.45, 7) is 1.22. The number of piperidine rings is 1. The van der Waals surface area contributed by atoms with E-state index in [1.165, 1.54) is 4.31 Å². The molecular weight excluding hydrogens is 326 g/mol. The van der Waals surface area contributed by atoms with Crippen LogP contribution < -0.4 is 9.46 Å². The molecule has 1 aromatic heterocycles. The van der Waals surface area contributed by atoms with Gasteiger partial charge in [-0.15, -0.1) is 0 Å². The number of hydrogen-bond donors (Lipinski definition) is 1. The summed E-state index contributed by atoms with van der Waals surface area (Å²) in [7, 11) is -3.46. The van der Waals surface area contributed by atoms with E-state index in [0.29, 0.717) is 32.5 Å². The van der Waals surface area contributed by atoms with Gasteiger partial charge in [0.2, 0.25) is 0 Å². The minimum atomic E-state index is -3.46. The molecule has 0 unspecified atom stereocenters. The Bertz CT molecular complexity index is 730. The van der Waals surface area contributed by atoms with E-state index < -0.39 is 10.2 Å². The Kier molecular flexibility index (Phi) is 5.44. The fraction of sp³-hybridized carbons (Fsp3) is 0.353. The number of aromatic nitrogens is 1. The lowest BCUT2D eigenvalue weighted by molar-refractivity contribution is 0.134. The highest BCUT2D eigenvalue weighted by molar-refractivity contribution is 7.87. The summed E-state index contributed by atoms with van der Waals surface area (Å²) in [6, 6.07) is 13.1. The van der Waals surface area contributed by atoms with Crippen LogP contribution in [0.1, 0.15) is 18.4 Å². The van der Waals surface area contributed by atoms with E-state index in [1.54, 1.807) is 12.4 Å². The van der Waals surface area contributed by atoms with E-state index >= 15 is 0 Å². The Morgan fingerprint density at radius 3 is 2.42 bits per heavy atom. The van der Waals surface area contributed by atoms with Crippen LogP contribution in [0.5, 0.6) is 5.75 Å². The minimum absolute atomic E-state index is 0.0352. The molecule has 1 saturated heterocycles. The third kappa shape index (κ3) is 4.53. The highest BCUT2D eigenvalue weighted by Gasteiger charge is 2.28. The summed E-state index contributed by atoms with van der Waals surface area (Å²) < 4.78 is 34.8. The second-order valence-electron chi connectivity index (χ2n) is 5.71. The molecule has 0 aliphatic carbocycles. The van der Waals surface area contributed by atoms with Crippen LogP contribution in [0.3, 0.4) is 0 Å². The fourth-order valence-electron chi connectivity index (χ4n) is 2.66. The lowest BCUT2D eigenvalue weighted by atomic mass is 10.1. The van der Waals surface area contributed by atoms with Crippen molar-refractivity contribution in [2.75, 3.05) is 13.1 Å². The van der Waals surface area contributed by atoms with Gasteiger partial charge in [-0.2, -0.15) is 17.4 Å². The first-order chi connectivity index (χ1) is 11.6. The Balaban J connectivity index is 1.50. The molecule has 0 radical (unpaired) electrons. The molecule has 0 bridgehead atoms. The summed E-state index contributed by atoms with van der Waals surface area (Å²) in [4.78, 5) is 3.95. The van der Waals surface area contributed by atoms with Crippen LogP contribution in [0.25, 0.3) is 0 Å². The molecule has 2 aromatic rings. The van der Waals surface area contributed by atoms with Crippen molar-refractivity contribution in [1.29, 1.82) is 0 Å². The zero-order valence-electron chi connectivity index (χ0n) is 13.3. The van der Waals surface area contributed by atoms with Crippen LogP contribution in [0.15, 0.2) is 54.9 Å². The zero-order chi connectivity index (χ0) is 16.8. The summed E-state index contributed by atoms with van der Waals surface area (Å²) in [5.41, 5.74) is 0.942. The molecule has 1 aliphatic heterocycles. The van der Waals surface area contributed by atoms with E-state index in [-0.39, 0.29) is 6.10 Å². The average Bonchev–Trinajstić information content (AvgIpc) is 2.62. The highest BCUT2D eigenvalue weighted by atomic mass is 32.2. The molecule has 0 amide bonds. The first kappa shape index (κ1) is 16.9. The fourth-order valence-corrected chi connectivity index (χ4v) is 3.88. The van der Waals surface area contributed by atoms with Crippen molar-refractivity contribution in [3.05, 3.63) is 60.4 Å². The van der Waals surface area contributed by atoms with Gasteiger partial charge in [0.05, 0.1) is 0 Å². The lowest BCUT2D eigenvalue weighted by Crippen LogP contribution is -2.46. The number of pyridine rings is 1. The van der Waals surface area contributed by atoms with Gasteiger partial charge in [-0.05, 0) is 30.5 Å². The van der Waals surface area contributed by atoms with Crippen molar-refractivity contribution in [3.8, 4) is 5.75 Å². The van der Waals surface area contributed by atoms with Gasteiger partial charge in [-0.3, -0.25) is 4.98 Å². The molecular formula is C17H21N3O3S. The maximum atomic E-state index is 12.4. The lowest BCUT2D eigenvalue weighted by Gasteiger charge is -2.31. The zero-order valence-corrected chi connectivity index (χ0v) is 14.2. The van der Waals surface area contributed by atoms with E-state index in [1.807, 2.05) is 42.5 Å². The number of nitrogens with one attached hydrogen (secondary N) is 1. The van der Waals surface area contributed by atoms with Crippen LogP contribution in [-0.4, -0.2) is 36.9 Å². The molecule has 128 valence electrons. The van der Waals surface area contributed by atoms with Crippen molar-refractivity contribution in [3.63, 3.8) is 0 Å². The molecule has 3 rings (SSSR count). The van der Waals surface area contributed by atoms with Crippen molar-refractivity contribution < 1.29 is 13.2 Å². The van der Waals surface area contributed by atoms with Crippen LogP contribution in [0.2, 0.25) is 0 Å². The molecule has 1 aliphatic rings. The van der Waals surface area contributed by atoms with Gasteiger partial charge in [0.15, 0.2) is 0 Å². The molecule has 0 atom stereocenters. The van der Waals surface area contributed by atoms with E-state index in [9.17, 15) is 8.42 Å². The molecule has 0 spiro atoms. The highest BCUT2D eigenvalue weighted by Crippen LogP contribution is 2.19. The predicted molar refractivity (Wildman–Crippen MR) is 91.7 cm³/mol. The van der Waals surface area contributed by atoms with E-state index in [0.717, 1.165) is 11.3 Å². The van der Waals surface area contributed by atoms with Crippen LogP contribution in [0, 0.1) is 0 Å². The first-order valence-corrected chi connectivity index (χ1v) is 9.43. The van der Waals surface area contributed by atoms with Crippen LogP contribution in [-0.2, 0) is 16.8 Å². The summed E-state index contributed by atoms with van der Waals surface area (Å²) in [6.07, 6.45) is 4.75. The van der Waals surface area contributed by atoms with Gasteiger partial charge < -0.3 is 4.74 Å². The summed E-state index contributed by atoms with van der Waals surface area (Å²) >= 11 is 0. The van der Waals surface area contributed by atoms with Gasteiger partial charge in [-0.25, -0.2) is 0 Å². The number of rotatable bonds is 6. The van der Waals surface area contributed by atoms with Gasteiger partial charge >= 0.3 is 0 Å². The number of nitrogens with zero attached hydrogens (tertiary/aromatic N) is 2. The number of ether oxygens (including phenoxy) is 1. The summed E-state index contributed by atoms with van der Waals surface area (Å²) in [5.74, 6) is 0.772. The van der Waals surface area contributed by atoms with Gasteiger partial charge in [-0.1, -0.05) is 30.3 Å². The molecule has 1 aromatic carbocycles. The Hall–Kier alpha value is -1.96. The molecule has 7 heteroatoms. The van der Waals surface area contributed by atoms with Crippen molar-refractivity contribution in [1.82, 2.24) is 14.0 Å². The smallest absolute Gasteiger partial charge is 0.279 e. The molecule has 1 fully saturated rings.